The summed E-state index contributed by atoms with van der Waals surface area (Å²) in [5.41, 5.74) is 1.65. The molecular formula is C10H14O. The Balaban J connectivity index is 0.000000461. The van der Waals surface area contributed by atoms with Crippen LogP contribution < -0.4 is 0 Å². The van der Waals surface area contributed by atoms with Crippen molar-refractivity contribution in [3.63, 3.8) is 0 Å². The van der Waals surface area contributed by atoms with E-state index < -0.39 is 0 Å². The first-order valence-electron chi connectivity index (χ1n) is 3.79. The van der Waals surface area contributed by atoms with Crippen molar-refractivity contribution in [1.29, 1.82) is 0 Å². The summed E-state index contributed by atoms with van der Waals surface area (Å²) in [6.45, 7) is 11.1. The Hall–Kier alpha value is -1.11. The van der Waals surface area contributed by atoms with E-state index in [1.165, 1.54) is 0 Å². The summed E-state index contributed by atoms with van der Waals surface area (Å²) in [6, 6.07) is 0. The summed E-state index contributed by atoms with van der Waals surface area (Å²) in [5, 5.41) is 0. The Morgan fingerprint density at radius 2 is 2.09 bits per heavy atom. The van der Waals surface area contributed by atoms with Crippen LogP contribution >= 0.6 is 0 Å². The molecule has 0 saturated heterocycles. The van der Waals surface area contributed by atoms with Gasteiger partial charge in [-0.1, -0.05) is 33.1 Å². The van der Waals surface area contributed by atoms with Crippen LogP contribution in [0.15, 0.2) is 36.5 Å². The van der Waals surface area contributed by atoms with Gasteiger partial charge in [-0.05, 0) is 17.2 Å². The molecule has 0 spiro atoms. The van der Waals surface area contributed by atoms with Gasteiger partial charge in [-0.15, -0.1) is 0 Å². The summed E-state index contributed by atoms with van der Waals surface area (Å²) in [7, 11) is 0. The van der Waals surface area contributed by atoms with E-state index in [1.54, 1.807) is 12.2 Å². The van der Waals surface area contributed by atoms with Crippen LogP contribution in [-0.4, -0.2) is 5.78 Å². The van der Waals surface area contributed by atoms with Crippen LogP contribution in [0.3, 0.4) is 0 Å². The van der Waals surface area contributed by atoms with Crippen LogP contribution in [0.5, 0.6) is 0 Å². The van der Waals surface area contributed by atoms with Crippen molar-refractivity contribution in [3.8, 4) is 0 Å². The fourth-order valence-corrected chi connectivity index (χ4v) is 0.786. The maximum atomic E-state index is 10.7. The Morgan fingerprint density at radius 3 is 2.27 bits per heavy atom. The number of carbonyl (C=O) groups is 1. The molecule has 0 aromatic heterocycles. The van der Waals surface area contributed by atoms with Crippen molar-refractivity contribution < 1.29 is 4.79 Å². The third-order valence-electron chi connectivity index (χ3n) is 1.34. The zero-order valence-corrected chi connectivity index (χ0v) is 7.18. The minimum atomic E-state index is 0.0462. The molecule has 0 fully saturated rings. The van der Waals surface area contributed by atoms with Crippen molar-refractivity contribution in [2.24, 2.45) is 0 Å². The Labute approximate surface area is 68.1 Å². The van der Waals surface area contributed by atoms with Crippen LogP contribution in [0.25, 0.3) is 0 Å². The lowest BCUT2D eigenvalue weighted by molar-refractivity contribution is -0.111. The molecule has 0 atom stereocenters. The minimum absolute atomic E-state index is 0.0462. The first-order chi connectivity index (χ1) is 5.24. The van der Waals surface area contributed by atoms with Gasteiger partial charge in [0.2, 0.25) is 0 Å². The van der Waals surface area contributed by atoms with Crippen LogP contribution in [0.1, 0.15) is 20.3 Å². The largest absolute Gasteiger partial charge is 0.290 e. The highest BCUT2D eigenvalue weighted by atomic mass is 16.1. The molecule has 0 heterocycles. The molecule has 1 nitrogen and oxygen atoms in total. The molecule has 0 saturated carbocycles. The summed E-state index contributed by atoms with van der Waals surface area (Å²) < 4.78 is 0. The molecule has 1 aliphatic carbocycles. The van der Waals surface area contributed by atoms with E-state index in [2.05, 4.69) is 13.2 Å². The number of rotatable bonds is 1. The fourth-order valence-electron chi connectivity index (χ4n) is 0.786. The fraction of sp³-hybridized carbons (Fsp3) is 0.300. The highest BCUT2D eigenvalue weighted by Gasteiger charge is 2.12. The molecule has 0 unspecified atom stereocenters. The molecule has 60 valence electrons. The van der Waals surface area contributed by atoms with Gasteiger partial charge in [0.25, 0.3) is 0 Å². The normalized spacial score (nSPS) is 15.3. The third kappa shape index (κ3) is 2.54. The molecule has 0 aliphatic heterocycles. The SMILES string of the molecule is C=CC1=CC(=O)C(=C)C1.CC. The van der Waals surface area contributed by atoms with Gasteiger partial charge in [-0.3, -0.25) is 4.79 Å². The number of hydrogen-bond donors (Lipinski definition) is 0. The van der Waals surface area contributed by atoms with Crippen LogP contribution in [-0.2, 0) is 4.79 Å². The number of carbonyl (C=O) groups excluding carboxylic acids is 1. The lowest BCUT2D eigenvalue weighted by atomic mass is 10.2. The molecule has 0 amide bonds. The van der Waals surface area contributed by atoms with Crippen molar-refractivity contribution in [2.75, 3.05) is 0 Å². The molecule has 1 rings (SSSR count). The molecule has 0 N–H and O–H groups in total. The second-order valence-corrected chi connectivity index (χ2v) is 2.07. The van der Waals surface area contributed by atoms with Crippen molar-refractivity contribution >= 4 is 5.78 Å². The topological polar surface area (TPSA) is 17.1 Å². The molecule has 0 radical (unpaired) electrons. The van der Waals surface area contributed by atoms with E-state index in [9.17, 15) is 4.79 Å². The first-order valence-corrected chi connectivity index (χ1v) is 3.79. The smallest absolute Gasteiger partial charge is 0.181 e. The lowest BCUT2D eigenvalue weighted by Crippen LogP contribution is -1.86. The third-order valence-corrected chi connectivity index (χ3v) is 1.34. The number of hydrogen-bond acceptors (Lipinski definition) is 1. The number of ketones is 1. The van der Waals surface area contributed by atoms with E-state index in [0.717, 1.165) is 5.57 Å². The second-order valence-electron chi connectivity index (χ2n) is 2.07. The first kappa shape index (κ1) is 9.89. The van der Waals surface area contributed by atoms with Crippen molar-refractivity contribution in [3.05, 3.63) is 36.5 Å². The predicted molar refractivity (Wildman–Crippen MR) is 48.4 cm³/mol. The van der Waals surface area contributed by atoms with Gasteiger partial charge < -0.3 is 0 Å². The molecule has 0 aromatic rings. The zero-order valence-electron chi connectivity index (χ0n) is 7.18. The van der Waals surface area contributed by atoms with Crippen molar-refractivity contribution in [1.82, 2.24) is 0 Å². The molecular weight excluding hydrogens is 136 g/mol. The summed E-state index contributed by atoms with van der Waals surface area (Å²) in [4.78, 5) is 10.7. The standard InChI is InChI=1S/C8H8O.C2H6/c1-3-7-4-6(2)8(9)5-7;1-2/h3,5H,1-2,4H2;1-2H3. The van der Waals surface area contributed by atoms with Gasteiger partial charge in [0.05, 0.1) is 0 Å². The van der Waals surface area contributed by atoms with E-state index >= 15 is 0 Å². The molecule has 0 bridgehead atoms. The highest BCUT2D eigenvalue weighted by molar-refractivity contribution is 6.07. The van der Waals surface area contributed by atoms with E-state index in [1.807, 2.05) is 13.8 Å². The van der Waals surface area contributed by atoms with Crippen LogP contribution in [0.2, 0.25) is 0 Å². The summed E-state index contributed by atoms with van der Waals surface area (Å²) in [5.74, 6) is 0.0462. The van der Waals surface area contributed by atoms with Gasteiger partial charge in [-0.25, -0.2) is 0 Å². The predicted octanol–water partition coefficient (Wildman–Crippen LogP) is 2.65. The summed E-state index contributed by atoms with van der Waals surface area (Å²) >= 11 is 0. The van der Waals surface area contributed by atoms with Gasteiger partial charge in [-0.2, -0.15) is 0 Å². The molecule has 1 heteroatoms. The number of allylic oxidation sites excluding steroid dienone is 4. The van der Waals surface area contributed by atoms with E-state index in [-0.39, 0.29) is 5.78 Å². The quantitative estimate of drug-likeness (QED) is 0.525. The lowest BCUT2D eigenvalue weighted by Gasteiger charge is -1.86. The van der Waals surface area contributed by atoms with Crippen molar-refractivity contribution in [2.45, 2.75) is 20.3 Å². The maximum Gasteiger partial charge on any atom is 0.181 e. The monoisotopic (exact) mass is 150 g/mol. The Bertz CT molecular complexity index is 209. The zero-order chi connectivity index (χ0) is 8.85. The molecule has 0 aromatic carbocycles. The van der Waals surface area contributed by atoms with Crippen LogP contribution in [0.4, 0.5) is 0 Å². The summed E-state index contributed by atoms with van der Waals surface area (Å²) in [6.07, 6.45) is 3.95. The maximum absolute atomic E-state index is 10.7. The average molecular weight is 150 g/mol. The van der Waals surface area contributed by atoms with Crippen LogP contribution in [0, 0.1) is 0 Å². The van der Waals surface area contributed by atoms with E-state index in [0.29, 0.717) is 12.0 Å². The van der Waals surface area contributed by atoms with Gasteiger partial charge in [0, 0.05) is 6.42 Å². The second kappa shape index (κ2) is 4.67. The molecule has 11 heavy (non-hydrogen) atoms. The van der Waals surface area contributed by atoms with E-state index in [4.69, 9.17) is 0 Å². The van der Waals surface area contributed by atoms with Gasteiger partial charge in [0.1, 0.15) is 0 Å². The molecule has 1 aliphatic rings. The Morgan fingerprint density at radius 1 is 1.55 bits per heavy atom. The Kier molecular flexibility index (Phi) is 4.20. The minimum Gasteiger partial charge on any atom is -0.290 e. The van der Waals surface area contributed by atoms with Gasteiger partial charge in [0.15, 0.2) is 5.78 Å². The highest BCUT2D eigenvalue weighted by Crippen LogP contribution is 2.19. The average Bonchev–Trinajstić information content (AvgIpc) is 2.36. The van der Waals surface area contributed by atoms with Gasteiger partial charge >= 0.3 is 0 Å².